The Bertz CT molecular complexity index is 1010. The first-order valence-corrected chi connectivity index (χ1v) is 17.3. The molecule has 1 saturated heterocycles. The van der Waals surface area contributed by atoms with E-state index in [1.807, 2.05) is 45.9 Å². The molecular formula is C30H46O7Si. The van der Waals surface area contributed by atoms with Crippen molar-refractivity contribution in [2.75, 3.05) is 20.5 Å². The number of methoxy groups -OCH3 is 1. The summed E-state index contributed by atoms with van der Waals surface area (Å²) in [6, 6.07) is 4.66. The van der Waals surface area contributed by atoms with Crippen molar-refractivity contribution in [1.29, 1.82) is 0 Å². The van der Waals surface area contributed by atoms with E-state index in [9.17, 15) is 4.79 Å². The van der Waals surface area contributed by atoms with Gasteiger partial charge in [-0.2, -0.15) is 0 Å². The zero-order valence-corrected chi connectivity index (χ0v) is 25.5. The lowest BCUT2D eigenvalue weighted by atomic mass is 9.94. The predicted octanol–water partition coefficient (Wildman–Crippen LogP) is 6.70. The van der Waals surface area contributed by atoms with Gasteiger partial charge in [-0.3, -0.25) is 0 Å². The van der Waals surface area contributed by atoms with Gasteiger partial charge in [0.15, 0.2) is 12.6 Å². The number of carbonyl (C=O) groups excluding carboxylic acids is 1. The summed E-state index contributed by atoms with van der Waals surface area (Å²) in [7, 11) is 0.275. The van der Waals surface area contributed by atoms with E-state index in [-0.39, 0.29) is 36.9 Å². The second kappa shape index (κ2) is 12.8. The molecule has 1 aromatic rings. The molecule has 2 aliphatic rings. The lowest BCUT2D eigenvalue weighted by molar-refractivity contribution is -0.148. The standard InChI is InChI=1S/C30H46O7Si/c1-20-13-14-21(2)28-25(36-30(4,5)37-28)12-10-11-23-17-24(33-15-16-38(7,8)9)18-26(34-19-32-6)27(23)29(31)35-22(20)3/h10-11,13-14,17-18,20-22,25,28H,12,15-16,19H2,1-9H3/b11-10?,14-13-/t20-,21?,22+,25+,28-/m1/s1. The van der Waals surface area contributed by atoms with Crippen LogP contribution in [0.5, 0.6) is 11.5 Å². The van der Waals surface area contributed by atoms with Crippen LogP contribution in [0.3, 0.4) is 0 Å². The normalized spacial score (nSPS) is 28.6. The van der Waals surface area contributed by atoms with Gasteiger partial charge in [-0.05, 0) is 44.9 Å². The average molecular weight is 547 g/mol. The highest BCUT2D eigenvalue weighted by molar-refractivity contribution is 6.76. The molecule has 212 valence electrons. The zero-order chi connectivity index (χ0) is 28.1. The Hall–Kier alpha value is -2.13. The molecule has 0 radical (unpaired) electrons. The summed E-state index contributed by atoms with van der Waals surface area (Å²) in [6.07, 6.45) is 8.25. The molecule has 5 atom stereocenters. The Kier molecular flexibility index (Phi) is 10.3. The number of esters is 1. The van der Waals surface area contributed by atoms with Crippen molar-refractivity contribution in [2.24, 2.45) is 11.8 Å². The number of benzene rings is 1. The van der Waals surface area contributed by atoms with Crippen molar-refractivity contribution in [1.82, 2.24) is 0 Å². The fourth-order valence-electron chi connectivity index (χ4n) is 4.53. The van der Waals surface area contributed by atoms with Gasteiger partial charge in [-0.25, -0.2) is 4.79 Å². The Balaban J connectivity index is 2.03. The first-order chi connectivity index (χ1) is 17.8. The molecule has 0 amide bonds. The SMILES string of the molecule is COCOc1cc(OCC[Si](C)(C)C)cc2c1C(=O)O[C@@H](C)[C@H](C)/C=C\C(C)[C@H]1OC(C)(C)O[C@H]1CC=C2. The van der Waals surface area contributed by atoms with Gasteiger partial charge in [0.25, 0.3) is 0 Å². The third-order valence-corrected chi connectivity index (χ3v) is 8.62. The number of hydrogen-bond donors (Lipinski definition) is 0. The molecule has 3 rings (SSSR count). The third-order valence-electron chi connectivity index (χ3n) is 6.92. The molecule has 1 unspecified atom stereocenters. The molecule has 38 heavy (non-hydrogen) atoms. The van der Waals surface area contributed by atoms with Gasteiger partial charge in [0, 0.05) is 33.1 Å². The molecule has 0 aromatic heterocycles. The highest BCUT2D eigenvalue weighted by atomic mass is 28.3. The molecule has 0 aliphatic carbocycles. The summed E-state index contributed by atoms with van der Waals surface area (Å²) in [5.74, 6) is 0.0532. The molecular weight excluding hydrogens is 500 g/mol. The second-order valence-electron chi connectivity index (χ2n) is 12.1. The maximum atomic E-state index is 13.5. The number of fused-ring (bicyclic) bond motifs is 2. The maximum Gasteiger partial charge on any atom is 0.342 e. The molecule has 0 N–H and O–H groups in total. The summed E-state index contributed by atoms with van der Waals surface area (Å²) in [6.45, 7) is 17.5. The van der Waals surface area contributed by atoms with Crippen LogP contribution in [0.25, 0.3) is 6.08 Å². The minimum absolute atomic E-state index is 0.00160. The van der Waals surface area contributed by atoms with Crippen LogP contribution in [0, 0.1) is 11.8 Å². The lowest BCUT2D eigenvalue weighted by Crippen LogP contribution is -2.29. The highest BCUT2D eigenvalue weighted by Crippen LogP contribution is 2.36. The number of rotatable bonds is 7. The van der Waals surface area contributed by atoms with Gasteiger partial charge in [0.05, 0.1) is 18.8 Å². The molecule has 0 saturated carbocycles. The maximum absolute atomic E-state index is 13.5. The Labute approximate surface area is 229 Å². The third kappa shape index (κ3) is 8.43. The van der Waals surface area contributed by atoms with Crippen LogP contribution in [-0.2, 0) is 18.9 Å². The fourth-order valence-corrected chi connectivity index (χ4v) is 5.24. The van der Waals surface area contributed by atoms with Gasteiger partial charge in [-0.1, -0.05) is 57.8 Å². The van der Waals surface area contributed by atoms with Crippen LogP contribution in [0.2, 0.25) is 25.7 Å². The zero-order valence-electron chi connectivity index (χ0n) is 24.5. The van der Waals surface area contributed by atoms with Crippen molar-refractivity contribution in [3.8, 4) is 11.5 Å². The van der Waals surface area contributed by atoms with Gasteiger partial charge in [0.1, 0.15) is 23.2 Å². The van der Waals surface area contributed by atoms with E-state index < -0.39 is 19.8 Å². The molecule has 1 aromatic carbocycles. The fraction of sp³-hybridized carbons (Fsp3) is 0.633. The number of carbonyl (C=O) groups is 1. The molecule has 0 bridgehead atoms. The summed E-state index contributed by atoms with van der Waals surface area (Å²) in [5.41, 5.74) is 1.02. The average Bonchev–Trinajstić information content (AvgIpc) is 3.13. The van der Waals surface area contributed by atoms with Crippen molar-refractivity contribution < 1.29 is 33.2 Å². The molecule has 2 aliphatic heterocycles. The van der Waals surface area contributed by atoms with Gasteiger partial charge in [-0.15, -0.1) is 0 Å². The molecule has 8 heteroatoms. The van der Waals surface area contributed by atoms with Gasteiger partial charge in [0.2, 0.25) is 0 Å². The minimum atomic E-state index is -1.27. The van der Waals surface area contributed by atoms with Crippen molar-refractivity contribution in [3.05, 3.63) is 41.5 Å². The topological polar surface area (TPSA) is 72.5 Å². The van der Waals surface area contributed by atoms with Crippen LogP contribution in [0.4, 0.5) is 0 Å². The number of ether oxygens (including phenoxy) is 6. The molecule has 7 nitrogen and oxygen atoms in total. The lowest BCUT2D eigenvalue weighted by Gasteiger charge is -2.23. The minimum Gasteiger partial charge on any atom is -0.494 e. The Morgan fingerprint density at radius 2 is 1.74 bits per heavy atom. The van der Waals surface area contributed by atoms with E-state index >= 15 is 0 Å². The van der Waals surface area contributed by atoms with Crippen molar-refractivity contribution in [3.63, 3.8) is 0 Å². The van der Waals surface area contributed by atoms with E-state index in [1.165, 1.54) is 0 Å². The highest BCUT2D eigenvalue weighted by Gasteiger charge is 2.42. The number of hydrogen-bond acceptors (Lipinski definition) is 7. The van der Waals surface area contributed by atoms with Crippen molar-refractivity contribution in [2.45, 2.75) is 90.8 Å². The second-order valence-corrected chi connectivity index (χ2v) is 17.7. The van der Waals surface area contributed by atoms with E-state index in [1.54, 1.807) is 13.2 Å². The van der Waals surface area contributed by atoms with E-state index in [4.69, 9.17) is 28.4 Å². The summed E-state index contributed by atoms with van der Waals surface area (Å²) in [5, 5.41) is 0. The Morgan fingerprint density at radius 3 is 2.42 bits per heavy atom. The monoisotopic (exact) mass is 546 g/mol. The van der Waals surface area contributed by atoms with Crippen LogP contribution in [-0.4, -0.2) is 58.7 Å². The summed E-state index contributed by atoms with van der Waals surface area (Å²) in [4.78, 5) is 13.5. The first-order valence-electron chi connectivity index (χ1n) is 13.6. The predicted molar refractivity (Wildman–Crippen MR) is 152 cm³/mol. The van der Waals surface area contributed by atoms with Crippen molar-refractivity contribution >= 4 is 20.1 Å². The van der Waals surface area contributed by atoms with E-state index in [0.29, 0.717) is 35.7 Å². The number of cyclic esters (lactones) is 1. The molecule has 1 fully saturated rings. The summed E-state index contributed by atoms with van der Waals surface area (Å²) >= 11 is 0. The van der Waals surface area contributed by atoms with Crippen LogP contribution in [0.15, 0.2) is 30.4 Å². The van der Waals surface area contributed by atoms with E-state index in [2.05, 4.69) is 38.7 Å². The van der Waals surface area contributed by atoms with Crippen LogP contribution >= 0.6 is 0 Å². The summed E-state index contributed by atoms with van der Waals surface area (Å²) < 4.78 is 35.6. The first kappa shape index (κ1) is 30.4. The molecule has 2 heterocycles. The smallest absolute Gasteiger partial charge is 0.342 e. The molecule has 0 spiro atoms. The largest absolute Gasteiger partial charge is 0.494 e. The van der Waals surface area contributed by atoms with Gasteiger partial charge < -0.3 is 28.4 Å². The van der Waals surface area contributed by atoms with Gasteiger partial charge >= 0.3 is 5.97 Å². The quantitative estimate of drug-likeness (QED) is 0.163. The van der Waals surface area contributed by atoms with E-state index in [0.717, 1.165) is 6.04 Å². The van der Waals surface area contributed by atoms with Crippen LogP contribution in [0.1, 0.15) is 57.0 Å². The Morgan fingerprint density at radius 1 is 1.03 bits per heavy atom. The van der Waals surface area contributed by atoms with Crippen LogP contribution < -0.4 is 9.47 Å².